The van der Waals surface area contributed by atoms with E-state index in [1.54, 1.807) is 11.8 Å². The Labute approximate surface area is 152 Å². The monoisotopic (exact) mass is 363 g/mol. The van der Waals surface area contributed by atoms with Crippen LogP contribution in [0.1, 0.15) is 25.8 Å². The molecule has 0 aliphatic carbocycles. The minimum Gasteiger partial charge on any atom is -0.491 e. The van der Waals surface area contributed by atoms with Crippen molar-refractivity contribution in [2.24, 2.45) is 0 Å². The van der Waals surface area contributed by atoms with Gasteiger partial charge in [-0.15, -0.1) is 11.8 Å². The van der Waals surface area contributed by atoms with Crippen molar-refractivity contribution in [2.75, 3.05) is 5.75 Å². The molecule has 0 aliphatic heterocycles. The summed E-state index contributed by atoms with van der Waals surface area (Å²) in [5.41, 5.74) is 1.03. The van der Waals surface area contributed by atoms with Crippen LogP contribution in [0.4, 0.5) is 0 Å². The summed E-state index contributed by atoms with van der Waals surface area (Å²) in [6, 6.07) is 15.4. The molecule has 24 heavy (non-hydrogen) atoms. The number of halogens is 1. The number of hydrogen-bond donors (Lipinski definition) is 1. The highest BCUT2D eigenvalue weighted by Gasteiger charge is 2.04. The molecule has 0 radical (unpaired) electrons. The van der Waals surface area contributed by atoms with Gasteiger partial charge in [0.1, 0.15) is 5.75 Å². The highest BCUT2D eigenvalue weighted by atomic mass is 35.5. The van der Waals surface area contributed by atoms with Crippen LogP contribution < -0.4 is 10.1 Å². The fraction of sp³-hybridized carbons (Fsp3) is 0.316. The first-order valence-corrected chi connectivity index (χ1v) is 9.30. The zero-order valence-electron chi connectivity index (χ0n) is 13.9. The molecule has 0 aromatic heterocycles. The van der Waals surface area contributed by atoms with Crippen molar-refractivity contribution in [3.05, 3.63) is 59.1 Å². The van der Waals surface area contributed by atoms with Gasteiger partial charge in [-0.2, -0.15) is 0 Å². The van der Waals surface area contributed by atoms with Crippen LogP contribution in [0, 0.1) is 0 Å². The molecule has 3 nitrogen and oxygen atoms in total. The lowest BCUT2D eigenvalue weighted by Crippen LogP contribution is -2.23. The highest BCUT2D eigenvalue weighted by molar-refractivity contribution is 7.99. The molecule has 1 N–H and O–H groups in total. The molecule has 1 amide bonds. The maximum absolute atomic E-state index is 11.9. The van der Waals surface area contributed by atoms with Gasteiger partial charge in [0, 0.05) is 28.6 Å². The number of nitrogens with one attached hydrogen (secondary N) is 1. The van der Waals surface area contributed by atoms with Gasteiger partial charge in [0.15, 0.2) is 0 Å². The third-order valence-corrected chi connectivity index (χ3v) is 4.44. The minimum atomic E-state index is 0.0478. The molecule has 5 heteroatoms. The molecule has 128 valence electrons. The van der Waals surface area contributed by atoms with Gasteiger partial charge < -0.3 is 10.1 Å². The predicted octanol–water partition coefficient (Wildman–Crippen LogP) is 4.93. The van der Waals surface area contributed by atoms with E-state index in [0.29, 0.717) is 13.0 Å². The summed E-state index contributed by atoms with van der Waals surface area (Å²) in [6.07, 6.45) is 0.620. The fourth-order valence-electron chi connectivity index (χ4n) is 2.08. The molecule has 2 rings (SSSR count). The molecular weight excluding hydrogens is 342 g/mol. The molecule has 2 aromatic rings. The molecule has 0 saturated carbocycles. The Hall–Kier alpha value is -1.65. The van der Waals surface area contributed by atoms with Gasteiger partial charge in [-0.25, -0.2) is 0 Å². The Kier molecular flexibility index (Phi) is 7.47. The number of rotatable bonds is 8. The van der Waals surface area contributed by atoms with Crippen LogP contribution in [0.5, 0.6) is 5.75 Å². The van der Waals surface area contributed by atoms with E-state index in [1.807, 2.05) is 62.4 Å². The van der Waals surface area contributed by atoms with Crippen molar-refractivity contribution >= 4 is 29.3 Å². The van der Waals surface area contributed by atoms with Crippen LogP contribution in [0.15, 0.2) is 53.4 Å². The lowest BCUT2D eigenvalue weighted by molar-refractivity contribution is -0.120. The molecule has 0 fully saturated rings. The van der Waals surface area contributed by atoms with Crippen LogP contribution in [0.25, 0.3) is 0 Å². The van der Waals surface area contributed by atoms with E-state index in [-0.39, 0.29) is 12.0 Å². The molecule has 0 bridgehead atoms. The molecule has 0 saturated heterocycles. The maximum atomic E-state index is 11.9. The van der Waals surface area contributed by atoms with Gasteiger partial charge in [-0.05, 0) is 55.8 Å². The normalized spacial score (nSPS) is 10.7. The van der Waals surface area contributed by atoms with Crippen molar-refractivity contribution in [3.8, 4) is 5.75 Å². The number of carbonyl (C=O) groups excluding carboxylic acids is 1. The SMILES string of the molecule is CC(C)Oc1cccc(CNC(=O)CCSc2ccc(Cl)cc2)c1. The third kappa shape index (κ3) is 6.85. The average Bonchev–Trinajstić information content (AvgIpc) is 2.54. The van der Waals surface area contributed by atoms with Crippen LogP contribution in [0.2, 0.25) is 5.02 Å². The third-order valence-electron chi connectivity index (χ3n) is 3.17. The average molecular weight is 364 g/mol. The van der Waals surface area contributed by atoms with E-state index >= 15 is 0 Å². The number of ether oxygens (including phenoxy) is 1. The minimum absolute atomic E-state index is 0.0478. The topological polar surface area (TPSA) is 38.3 Å². The van der Waals surface area contributed by atoms with Crippen molar-refractivity contribution in [2.45, 2.75) is 37.8 Å². The van der Waals surface area contributed by atoms with E-state index in [9.17, 15) is 4.79 Å². The molecule has 2 aromatic carbocycles. The van der Waals surface area contributed by atoms with Crippen LogP contribution in [-0.4, -0.2) is 17.8 Å². The number of hydrogen-bond acceptors (Lipinski definition) is 3. The Balaban J connectivity index is 1.72. The molecule has 0 aliphatic rings. The number of carbonyl (C=O) groups is 1. The van der Waals surface area contributed by atoms with Crippen LogP contribution >= 0.6 is 23.4 Å². The van der Waals surface area contributed by atoms with Crippen LogP contribution in [0.3, 0.4) is 0 Å². The summed E-state index contributed by atoms with van der Waals surface area (Å²) >= 11 is 7.50. The Bertz CT molecular complexity index is 659. The summed E-state index contributed by atoms with van der Waals surface area (Å²) in [7, 11) is 0. The van der Waals surface area contributed by atoms with Crippen molar-refractivity contribution in [3.63, 3.8) is 0 Å². The summed E-state index contributed by atoms with van der Waals surface area (Å²) in [5, 5.41) is 3.67. The first-order chi connectivity index (χ1) is 11.5. The number of benzene rings is 2. The fourth-order valence-corrected chi connectivity index (χ4v) is 3.06. The summed E-state index contributed by atoms with van der Waals surface area (Å²) < 4.78 is 5.66. The Morgan fingerprint density at radius 1 is 1.21 bits per heavy atom. The molecular formula is C19H22ClNO2S. The van der Waals surface area contributed by atoms with Gasteiger partial charge in [-0.3, -0.25) is 4.79 Å². The van der Waals surface area contributed by atoms with Gasteiger partial charge >= 0.3 is 0 Å². The second kappa shape index (κ2) is 9.60. The quantitative estimate of drug-likeness (QED) is 0.676. The van der Waals surface area contributed by atoms with E-state index in [1.165, 1.54) is 0 Å². The largest absolute Gasteiger partial charge is 0.491 e. The molecule has 0 atom stereocenters. The van der Waals surface area contributed by atoms with E-state index < -0.39 is 0 Å². The first-order valence-electron chi connectivity index (χ1n) is 7.93. The van der Waals surface area contributed by atoms with Gasteiger partial charge in [-0.1, -0.05) is 23.7 Å². The zero-order chi connectivity index (χ0) is 17.4. The van der Waals surface area contributed by atoms with Gasteiger partial charge in [0.05, 0.1) is 6.10 Å². The smallest absolute Gasteiger partial charge is 0.221 e. The second-order valence-electron chi connectivity index (χ2n) is 5.64. The predicted molar refractivity (Wildman–Crippen MR) is 101 cm³/mol. The number of amides is 1. The first kappa shape index (κ1) is 18.7. The standard InChI is InChI=1S/C19H22ClNO2S/c1-14(2)23-17-5-3-4-15(12-17)13-21-19(22)10-11-24-18-8-6-16(20)7-9-18/h3-9,12,14H,10-11,13H2,1-2H3,(H,21,22). The van der Waals surface area contributed by atoms with Gasteiger partial charge in [0.2, 0.25) is 5.91 Å². The zero-order valence-corrected chi connectivity index (χ0v) is 15.5. The maximum Gasteiger partial charge on any atom is 0.221 e. The molecule has 0 heterocycles. The van der Waals surface area contributed by atoms with Crippen LogP contribution in [-0.2, 0) is 11.3 Å². The van der Waals surface area contributed by atoms with E-state index in [2.05, 4.69) is 5.32 Å². The van der Waals surface area contributed by atoms with E-state index in [4.69, 9.17) is 16.3 Å². The summed E-state index contributed by atoms with van der Waals surface area (Å²) in [4.78, 5) is 13.1. The Morgan fingerprint density at radius 2 is 1.96 bits per heavy atom. The van der Waals surface area contributed by atoms with Crippen molar-refractivity contribution in [1.82, 2.24) is 5.32 Å². The van der Waals surface area contributed by atoms with E-state index in [0.717, 1.165) is 27.0 Å². The highest BCUT2D eigenvalue weighted by Crippen LogP contribution is 2.21. The van der Waals surface area contributed by atoms with Crippen molar-refractivity contribution < 1.29 is 9.53 Å². The molecule has 0 spiro atoms. The van der Waals surface area contributed by atoms with Crippen molar-refractivity contribution in [1.29, 1.82) is 0 Å². The van der Waals surface area contributed by atoms with Gasteiger partial charge in [0.25, 0.3) is 0 Å². The second-order valence-corrected chi connectivity index (χ2v) is 7.25. The lowest BCUT2D eigenvalue weighted by atomic mass is 10.2. The molecule has 0 unspecified atom stereocenters. The number of thioether (sulfide) groups is 1. The summed E-state index contributed by atoms with van der Waals surface area (Å²) in [5.74, 6) is 1.62. The lowest BCUT2D eigenvalue weighted by Gasteiger charge is -2.11. The summed E-state index contributed by atoms with van der Waals surface area (Å²) in [6.45, 7) is 4.50. The Morgan fingerprint density at radius 3 is 2.67 bits per heavy atom.